The molecular formula is C16H18FN2O4+. The van der Waals surface area contributed by atoms with Crippen molar-refractivity contribution in [3.05, 3.63) is 35.6 Å². The first-order valence-corrected chi connectivity index (χ1v) is 7.32. The molecule has 2 saturated heterocycles. The summed E-state index contributed by atoms with van der Waals surface area (Å²) < 4.78 is 18.0. The van der Waals surface area contributed by atoms with Crippen LogP contribution < -0.4 is 5.32 Å². The summed E-state index contributed by atoms with van der Waals surface area (Å²) in [6.07, 6.45) is 0. The van der Waals surface area contributed by atoms with Crippen molar-refractivity contribution in [2.45, 2.75) is 18.5 Å². The highest BCUT2D eigenvalue weighted by molar-refractivity contribution is 6.08. The third kappa shape index (κ3) is 2.07. The van der Waals surface area contributed by atoms with Crippen LogP contribution in [0.5, 0.6) is 0 Å². The average Bonchev–Trinajstić information content (AvgIpc) is 2.97. The van der Waals surface area contributed by atoms with Gasteiger partial charge in [0.25, 0.3) is 0 Å². The second kappa shape index (κ2) is 5.13. The normalized spacial score (nSPS) is 33.0. The van der Waals surface area contributed by atoms with Crippen molar-refractivity contribution in [3.8, 4) is 0 Å². The van der Waals surface area contributed by atoms with Gasteiger partial charge in [0.15, 0.2) is 0 Å². The number of imide groups is 1. The number of nitrogens with two attached hydrogens (primary N) is 1. The van der Waals surface area contributed by atoms with E-state index < -0.39 is 29.4 Å². The molecule has 2 fully saturated rings. The number of hydrogen-bond donors (Lipinski definition) is 1. The van der Waals surface area contributed by atoms with Crippen LogP contribution in [-0.2, 0) is 19.1 Å². The topological polar surface area (TPSA) is 80.3 Å². The average molecular weight is 321 g/mol. The van der Waals surface area contributed by atoms with Gasteiger partial charge in [-0.2, -0.15) is 0 Å². The van der Waals surface area contributed by atoms with Crippen LogP contribution in [0.3, 0.4) is 0 Å². The molecule has 2 heterocycles. The largest absolute Gasteiger partial charge is 0.464 e. The first kappa shape index (κ1) is 15.6. The lowest BCUT2D eigenvalue weighted by atomic mass is 9.80. The van der Waals surface area contributed by atoms with Crippen LogP contribution in [-0.4, -0.2) is 42.4 Å². The Morgan fingerprint density at radius 1 is 1.26 bits per heavy atom. The number of quaternary nitrogens is 1. The van der Waals surface area contributed by atoms with Gasteiger partial charge in [0.1, 0.15) is 23.7 Å². The van der Waals surface area contributed by atoms with E-state index in [-0.39, 0.29) is 17.6 Å². The summed E-state index contributed by atoms with van der Waals surface area (Å²) in [7, 11) is 2.68. The molecular weight excluding hydrogens is 303 g/mol. The molecule has 0 bridgehead atoms. The summed E-state index contributed by atoms with van der Waals surface area (Å²) in [5, 5.41) is 1.70. The minimum absolute atomic E-state index is 0.321. The van der Waals surface area contributed by atoms with Crippen molar-refractivity contribution in [1.29, 1.82) is 0 Å². The van der Waals surface area contributed by atoms with Gasteiger partial charge in [0, 0.05) is 19.5 Å². The molecule has 122 valence electrons. The Balaban J connectivity index is 2.09. The number of carbonyl (C=O) groups excluding carboxylic acids is 3. The molecule has 0 unspecified atom stereocenters. The highest BCUT2D eigenvalue weighted by Crippen LogP contribution is 2.43. The molecule has 0 spiro atoms. The van der Waals surface area contributed by atoms with Gasteiger partial charge in [-0.1, -0.05) is 12.1 Å². The lowest BCUT2D eigenvalue weighted by molar-refractivity contribution is -0.731. The lowest BCUT2D eigenvalue weighted by Gasteiger charge is -2.24. The van der Waals surface area contributed by atoms with Crippen molar-refractivity contribution in [2.24, 2.45) is 11.8 Å². The van der Waals surface area contributed by atoms with Crippen molar-refractivity contribution < 1.29 is 28.8 Å². The van der Waals surface area contributed by atoms with Crippen LogP contribution in [0.25, 0.3) is 0 Å². The second-order valence-corrected chi connectivity index (χ2v) is 6.26. The third-order valence-electron chi connectivity index (χ3n) is 5.01. The number of esters is 1. The van der Waals surface area contributed by atoms with Crippen molar-refractivity contribution in [1.82, 2.24) is 4.90 Å². The number of fused-ring (bicyclic) bond motifs is 1. The van der Waals surface area contributed by atoms with Crippen LogP contribution in [0, 0.1) is 17.7 Å². The molecule has 2 N–H and O–H groups in total. The monoisotopic (exact) mass is 321 g/mol. The number of rotatable bonds is 2. The Bertz CT molecular complexity index is 690. The SMILES string of the molecule is COC(=O)[C@]1(C)[NH2+][C@@H](c2ccc(F)cc2)[C@H]2C(=O)N(C)C(=O)[C@H]21. The lowest BCUT2D eigenvalue weighted by Crippen LogP contribution is -2.97. The molecule has 3 rings (SSSR count). The summed E-state index contributed by atoms with van der Waals surface area (Å²) in [4.78, 5) is 38.3. The maximum Gasteiger partial charge on any atom is 0.368 e. The summed E-state index contributed by atoms with van der Waals surface area (Å²) in [6, 6.07) is 5.32. The Hall–Kier alpha value is -2.28. The summed E-state index contributed by atoms with van der Waals surface area (Å²) in [5.74, 6) is -3.09. The van der Waals surface area contributed by atoms with Gasteiger partial charge in [-0.15, -0.1) is 0 Å². The van der Waals surface area contributed by atoms with Crippen molar-refractivity contribution in [3.63, 3.8) is 0 Å². The van der Waals surface area contributed by atoms with E-state index in [0.29, 0.717) is 5.56 Å². The Kier molecular flexibility index (Phi) is 3.48. The van der Waals surface area contributed by atoms with Crippen molar-refractivity contribution in [2.75, 3.05) is 14.2 Å². The molecule has 2 aliphatic rings. The van der Waals surface area contributed by atoms with Crippen LogP contribution in [0.15, 0.2) is 24.3 Å². The van der Waals surface area contributed by atoms with Gasteiger partial charge in [0.2, 0.25) is 17.4 Å². The molecule has 0 aliphatic carbocycles. The summed E-state index contributed by atoms with van der Waals surface area (Å²) >= 11 is 0. The highest BCUT2D eigenvalue weighted by Gasteiger charge is 2.70. The van der Waals surface area contributed by atoms with Crippen LogP contribution >= 0.6 is 0 Å². The minimum atomic E-state index is -1.18. The molecule has 6 nitrogen and oxygen atoms in total. The smallest absolute Gasteiger partial charge is 0.368 e. The van der Waals surface area contributed by atoms with E-state index in [9.17, 15) is 18.8 Å². The molecule has 7 heteroatoms. The molecule has 0 radical (unpaired) electrons. The first-order chi connectivity index (χ1) is 10.8. The molecule has 2 amide bonds. The van der Waals surface area contributed by atoms with Gasteiger partial charge in [0.05, 0.1) is 7.11 Å². The molecule has 23 heavy (non-hydrogen) atoms. The number of nitrogens with zero attached hydrogens (tertiary/aromatic N) is 1. The number of amides is 2. The van der Waals surface area contributed by atoms with Crippen LogP contribution in [0.1, 0.15) is 18.5 Å². The second-order valence-electron chi connectivity index (χ2n) is 6.26. The molecule has 0 saturated carbocycles. The van der Waals surface area contributed by atoms with E-state index >= 15 is 0 Å². The minimum Gasteiger partial charge on any atom is -0.464 e. The van der Waals surface area contributed by atoms with E-state index in [4.69, 9.17) is 4.74 Å². The van der Waals surface area contributed by atoms with Gasteiger partial charge >= 0.3 is 5.97 Å². The Morgan fingerprint density at radius 2 is 1.87 bits per heavy atom. The quantitative estimate of drug-likeness (QED) is 0.594. The number of hydrogen-bond acceptors (Lipinski definition) is 4. The fourth-order valence-corrected chi connectivity index (χ4v) is 3.81. The summed E-state index contributed by atoms with van der Waals surface area (Å²) in [5.41, 5.74) is -0.485. The highest BCUT2D eigenvalue weighted by atomic mass is 19.1. The maximum atomic E-state index is 13.2. The molecule has 2 aliphatic heterocycles. The summed E-state index contributed by atoms with van der Waals surface area (Å²) in [6.45, 7) is 1.62. The zero-order chi connectivity index (χ0) is 16.9. The number of methoxy groups -OCH3 is 1. The predicted octanol–water partition coefficient (Wildman–Crippen LogP) is -0.393. The van der Waals surface area contributed by atoms with Crippen LogP contribution in [0.4, 0.5) is 4.39 Å². The predicted molar refractivity (Wildman–Crippen MR) is 76.2 cm³/mol. The fraction of sp³-hybridized carbons (Fsp3) is 0.438. The Morgan fingerprint density at radius 3 is 2.43 bits per heavy atom. The molecule has 1 aromatic rings. The van der Waals surface area contributed by atoms with E-state index in [1.807, 2.05) is 0 Å². The van der Waals surface area contributed by atoms with E-state index in [1.165, 1.54) is 26.3 Å². The van der Waals surface area contributed by atoms with Crippen LogP contribution in [0.2, 0.25) is 0 Å². The van der Waals surface area contributed by atoms with E-state index in [2.05, 4.69) is 0 Å². The van der Waals surface area contributed by atoms with Gasteiger partial charge in [-0.25, -0.2) is 9.18 Å². The van der Waals surface area contributed by atoms with E-state index in [0.717, 1.165) is 4.90 Å². The van der Waals surface area contributed by atoms with Gasteiger partial charge < -0.3 is 10.1 Å². The molecule has 4 atom stereocenters. The van der Waals surface area contributed by atoms with Gasteiger partial charge in [-0.05, 0) is 12.1 Å². The molecule has 0 aromatic heterocycles. The first-order valence-electron chi connectivity index (χ1n) is 7.32. The fourth-order valence-electron chi connectivity index (χ4n) is 3.81. The number of halogens is 1. The van der Waals surface area contributed by atoms with Crippen molar-refractivity contribution >= 4 is 17.8 Å². The number of carbonyl (C=O) groups is 3. The van der Waals surface area contributed by atoms with E-state index in [1.54, 1.807) is 24.4 Å². The number of likely N-dealkylation sites (tertiary alicyclic amines) is 1. The zero-order valence-electron chi connectivity index (χ0n) is 13.1. The number of benzene rings is 1. The number of ether oxygens (including phenoxy) is 1. The standard InChI is InChI=1S/C16H17FN2O4/c1-16(15(22)23-3)11-10(13(20)19(2)14(11)21)12(18-16)8-4-6-9(17)7-5-8/h4-7,10-12,18H,1-3H3/p+1/t10-,11-,12-,16+/m0/s1. The zero-order valence-corrected chi connectivity index (χ0v) is 13.1. The van der Waals surface area contributed by atoms with Gasteiger partial charge in [-0.3, -0.25) is 14.5 Å². The Labute approximate surface area is 132 Å². The maximum absolute atomic E-state index is 13.2. The third-order valence-corrected chi connectivity index (χ3v) is 5.01. The molecule has 1 aromatic carbocycles.